The molecule has 1 heterocycles. The summed E-state index contributed by atoms with van der Waals surface area (Å²) in [5.74, 6) is -1.32. The fraction of sp³-hybridized carbons (Fsp3) is 0.423. The van der Waals surface area contributed by atoms with Crippen LogP contribution in [0, 0.1) is 5.92 Å². The van der Waals surface area contributed by atoms with Crippen LogP contribution in [0.4, 0.5) is 4.79 Å². The SMILES string of the molecule is O=C(NC(C(=O)N1CCCC[C@H]1C(=O)O)C1CC1)OCC1c2ccccc2-c2ccccc21. The van der Waals surface area contributed by atoms with Crippen molar-refractivity contribution in [3.05, 3.63) is 59.7 Å². The number of carboxylic acid groups (broad SMARTS) is 1. The molecule has 1 aliphatic heterocycles. The minimum absolute atomic E-state index is 0.0364. The highest BCUT2D eigenvalue weighted by Gasteiger charge is 2.43. The molecule has 0 aromatic heterocycles. The van der Waals surface area contributed by atoms with Crippen molar-refractivity contribution >= 4 is 18.0 Å². The number of carbonyl (C=O) groups is 3. The van der Waals surface area contributed by atoms with E-state index < -0.39 is 24.1 Å². The van der Waals surface area contributed by atoms with Crippen LogP contribution in [-0.4, -0.2) is 53.2 Å². The molecular formula is C26H28N2O5. The van der Waals surface area contributed by atoms with Gasteiger partial charge in [0.25, 0.3) is 0 Å². The van der Waals surface area contributed by atoms with Crippen molar-refractivity contribution in [1.82, 2.24) is 10.2 Å². The Morgan fingerprint density at radius 3 is 2.21 bits per heavy atom. The Hall–Kier alpha value is -3.35. The predicted octanol–water partition coefficient (Wildman–Crippen LogP) is 3.77. The lowest BCUT2D eigenvalue weighted by atomic mass is 9.98. The van der Waals surface area contributed by atoms with Crippen molar-refractivity contribution in [1.29, 1.82) is 0 Å². The van der Waals surface area contributed by atoms with Gasteiger partial charge in [0, 0.05) is 12.5 Å². The quantitative estimate of drug-likeness (QED) is 0.701. The minimum Gasteiger partial charge on any atom is -0.480 e. The van der Waals surface area contributed by atoms with Gasteiger partial charge in [0.2, 0.25) is 5.91 Å². The third kappa shape index (κ3) is 4.19. The fourth-order valence-electron chi connectivity index (χ4n) is 5.21. The second kappa shape index (κ2) is 8.89. The number of rotatable bonds is 6. The lowest BCUT2D eigenvalue weighted by Gasteiger charge is -2.35. The van der Waals surface area contributed by atoms with Crippen molar-refractivity contribution in [3.63, 3.8) is 0 Å². The minimum atomic E-state index is -0.987. The summed E-state index contributed by atoms with van der Waals surface area (Å²) >= 11 is 0. The molecule has 2 fully saturated rings. The molecule has 172 valence electrons. The van der Waals surface area contributed by atoms with E-state index in [0.717, 1.165) is 47.9 Å². The number of carbonyl (C=O) groups excluding carboxylic acids is 2. The standard InChI is InChI=1S/C26H28N2O5/c29-24(28-14-6-5-11-22(28)25(30)31)23(16-12-13-16)27-26(32)33-15-21-19-9-3-1-7-17(19)18-8-2-4-10-20(18)21/h1-4,7-10,16,21-23H,5-6,11-15H2,(H,27,32)(H,30,31)/t22-,23?/m0/s1. The van der Waals surface area contributed by atoms with Crippen LogP contribution in [0.15, 0.2) is 48.5 Å². The number of nitrogens with zero attached hydrogens (tertiary/aromatic N) is 1. The van der Waals surface area contributed by atoms with Crippen LogP contribution < -0.4 is 5.32 Å². The summed E-state index contributed by atoms with van der Waals surface area (Å²) in [6.07, 6.45) is 3.05. The summed E-state index contributed by atoms with van der Waals surface area (Å²) in [5, 5.41) is 12.3. The Morgan fingerprint density at radius 2 is 1.61 bits per heavy atom. The number of likely N-dealkylation sites (tertiary alicyclic amines) is 1. The highest BCUT2D eigenvalue weighted by Crippen LogP contribution is 2.44. The zero-order valence-corrected chi connectivity index (χ0v) is 18.4. The molecule has 7 heteroatoms. The lowest BCUT2D eigenvalue weighted by Crippen LogP contribution is -2.56. The first-order valence-corrected chi connectivity index (χ1v) is 11.7. The van der Waals surface area contributed by atoms with E-state index in [1.165, 1.54) is 4.90 Å². The van der Waals surface area contributed by atoms with E-state index in [1.807, 2.05) is 24.3 Å². The Labute approximate surface area is 192 Å². The number of ether oxygens (including phenoxy) is 1. The first-order valence-electron chi connectivity index (χ1n) is 11.7. The Bertz CT molecular complexity index is 1030. The first kappa shape index (κ1) is 21.5. The molecule has 2 aliphatic carbocycles. The number of carboxylic acids is 1. The van der Waals surface area contributed by atoms with Gasteiger partial charge in [-0.3, -0.25) is 4.79 Å². The van der Waals surface area contributed by atoms with Gasteiger partial charge in [-0.25, -0.2) is 9.59 Å². The van der Waals surface area contributed by atoms with E-state index in [9.17, 15) is 19.5 Å². The number of amides is 2. The van der Waals surface area contributed by atoms with Crippen LogP contribution in [0.5, 0.6) is 0 Å². The predicted molar refractivity (Wildman–Crippen MR) is 122 cm³/mol. The van der Waals surface area contributed by atoms with Gasteiger partial charge in [-0.2, -0.15) is 0 Å². The number of fused-ring (bicyclic) bond motifs is 3. The van der Waals surface area contributed by atoms with Gasteiger partial charge in [0.1, 0.15) is 18.7 Å². The van der Waals surface area contributed by atoms with Gasteiger partial charge in [-0.15, -0.1) is 0 Å². The molecule has 1 saturated carbocycles. The average molecular weight is 449 g/mol. The molecule has 0 spiro atoms. The smallest absolute Gasteiger partial charge is 0.407 e. The van der Waals surface area contributed by atoms with E-state index in [0.29, 0.717) is 13.0 Å². The van der Waals surface area contributed by atoms with Gasteiger partial charge in [0.15, 0.2) is 0 Å². The highest BCUT2D eigenvalue weighted by atomic mass is 16.5. The van der Waals surface area contributed by atoms with Gasteiger partial charge in [-0.1, -0.05) is 48.5 Å². The van der Waals surface area contributed by atoms with E-state index in [-0.39, 0.29) is 24.3 Å². The molecule has 2 aromatic rings. The number of alkyl carbamates (subject to hydrolysis) is 1. The summed E-state index contributed by atoms with van der Waals surface area (Å²) in [4.78, 5) is 39.0. The van der Waals surface area contributed by atoms with Crippen LogP contribution in [0.1, 0.15) is 49.1 Å². The van der Waals surface area contributed by atoms with Gasteiger partial charge >= 0.3 is 12.1 Å². The molecule has 2 amide bonds. The van der Waals surface area contributed by atoms with Crippen molar-refractivity contribution in [3.8, 4) is 11.1 Å². The van der Waals surface area contributed by atoms with Crippen LogP contribution in [0.3, 0.4) is 0 Å². The second-order valence-corrected chi connectivity index (χ2v) is 9.17. The maximum atomic E-state index is 13.2. The zero-order chi connectivity index (χ0) is 22.9. The molecular weight excluding hydrogens is 420 g/mol. The molecule has 0 radical (unpaired) electrons. The number of hydrogen-bond acceptors (Lipinski definition) is 4. The second-order valence-electron chi connectivity index (χ2n) is 9.17. The summed E-state index contributed by atoms with van der Waals surface area (Å²) in [6, 6.07) is 14.7. The van der Waals surface area contributed by atoms with Crippen LogP contribution in [0.2, 0.25) is 0 Å². The third-order valence-electron chi connectivity index (χ3n) is 7.05. The molecule has 2 N–H and O–H groups in total. The number of piperidine rings is 1. The highest BCUT2D eigenvalue weighted by molar-refractivity contribution is 5.90. The molecule has 0 bridgehead atoms. The molecule has 33 heavy (non-hydrogen) atoms. The largest absolute Gasteiger partial charge is 0.480 e. The zero-order valence-electron chi connectivity index (χ0n) is 18.4. The molecule has 1 saturated heterocycles. The van der Waals surface area contributed by atoms with E-state index in [1.54, 1.807) is 0 Å². The molecule has 5 rings (SSSR count). The summed E-state index contributed by atoms with van der Waals surface area (Å²) in [6.45, 7) is 0.582. The van der Waals surface area contributed by atoms with E-state index in [4.69, 9.17) is 4.74 Å². The van der Waals surface area contributed by atoms with Gasteiger partial charge < -0.3 is 20.1 Å². The van der Waals surface area contributed by atoms with Crippen LogP contribution in [-0.2, 0) is 14.3 Å². The monoisotopic (exact) mass is 448 g/mol. The van der Waals surface area contributed by atoms with Gasteiger partial charge in [-0.05, 0) is 60.3 Å². The molecule has 7 nitrogen and oxygen atoms in total. The Kier molecular flexibility index (Phi) is 5.79. The summed E-state index contributed by atoms with van der Waals surface area (Å²) in [5.41, 5.74) is 4.55. The van der Waals surface area contributed by atoms with Crippen molar-refractivity contribution in [2.75, 3.05) is 13.2 Å². The van der Waals surface area contributed by atoms with Crippen molar-refractivity contribution in [2.45, 2.75) is 50.1 Å². The van der Waals surface area contributed by atoms with Gasteiger partial charge in [0.05, 0.1) is 0 Å². The molecule has 2 atom stereocenters. The maximum Gasteiger partial charge on any atom is 0.407 e. The number of nitrogens with one attached hydrogen (secondary N) is 1. The van der Waals surface area contributed by atoms with E-state index >= 15 is 0 Å². The number of aliphatic carboxylic acids is 1. The molecule has 1 unspecified atom stereocenters. The van der Waals surface area contributed by atoms with Crippen LogP contribution in [0.25, 0.3) is 11.1 Å². The normalized spacial score (nSPS) is 20.5. The third-order valence-corrected chi connectivity index (χ3v) is 7.05. The van der Waals surface area contributed by atoms with Crippen molar-refractivity contribution in [2.24, 2.45) is 5.92 Å². The molecule has 2 aromatic carbocycles. The average Bonchev–Trinajstić information content (AvgIpc) is 3.63. The number of benzene rings is 2. The summed E-state index contributed by atoms with van der Waals surface area (Å²) in [7, 11) is 0. The molecule has 3 aliphatic rings. The number of hydrogen-bond donors (Lipinski definition) is 2. The summed E-state index contributed by atoms with van der Waals surface area (Å²) < 4.78 is 5.62. The topological polar surface area (TPSA) is 95.9 Å². The maximum absolute atomic E-state index is 13.2. The first-order chi connectivity index (χ1) is 16.0. The Balaban J connectivity index is 1.26. The fourth-order valence-corrected chi connectivity index (χ4v) is 5.21. The van der Waals surface area contributed by atoms with Crippen LogP contribution >= 0.6 is 0 Å². The van der Waals surface area contributed by atoms with Crippen molar-refractivity contribution < 1.29 is 24.2 Å². The lowest BCUT2D eigenvalue weighted by molar-refractivity contribution is -0.153. The van der Waals surface area contributed by atoms with E-state index in [2.05, 4.69) is 29.6 Å². The Morgan fingerprint density at radius 1 is 0.970 bits per heavy atom.